The summed E-state index contributed by atoms with van der Waals surface area (Å²) in [6.07, 6.45) is 0. The van der Waals surface area contributed by atoms with Crippen molar-refractivity contribution in [1.29, 1.82) is 0 Å². The van der Waals surface area contributed by atoms with Gasteiger partial charge in [0.15, 0.2) is 0 Å². The Kier molecular flexibility index (Phi) is 3.69. The van der Waals surface area contributed by atoms with E-state index >= 15 is 0 Å². The van der Waals surface area contributed by atoms with Crippen molar-refractivity contribution in [2.45, 2.75) is 0 Å². The molecular weight excluding hydrogens is 260 g/mol. The molecule has 0 saturated carbocycles. The summed E-state index contributed by atoms with van der Waals surface area (Å²) in [5.41, 5.74) is 0.507. The van der Waals surface area contributed by atoms with Gasteiger partial charge in [0.1, 0.15) is 11.7 Å². The summed E-state index contributed by atoms with van der Waals surface area (Å²) in [5.74, 6) is -0.811. The van der Waals surface area contributed by atoms with Crippen LogP contribution < -0.4 is 5.32 Å². The molecule has 0 spiro atoms. The summed E-state index contributed by atoms with van der Waals surface area (Å²) < 4.78 is 13.1. The maximum atomic E-state index is 12.6. The number of alkyl halides is 1. The van der Waals surface area contributed by atoms with Crippen LogP contribution in [-0.4, -0.2) is 11.8 Å². The molecule has 0 saturated heterocycles. The summed E-state index contributed by atoms with van der Waals surface area (Å²) in [4.78, 5) is 10.9. The van der Waals surface area contributed by atoms with Crippen LogP contribution in [0.25, 0.3) is 0 Å². The van der Waals surface area contributed by atoms with Gasteiger partial charge in [0.2, 0.25) is 5.91 Å². The summed E-state index contributed by atoms with van der Waals surface area (Å²) in [6, 6.07) is 3.99. The van der Waals surface area contributed by atoms with Crippen molar-refractivity contribution in [2.75, 3.05) is 11.2 Å². The van der Waals surface area contributed by atoms with Crippen molar-refractivity contribution in [3.05, 3.63) is 28.5 Å². The van der Waals surface area contributed by atoms with Gasteiger partial charge in [-0.25, -0.2) is 4.39 Å². The minimum absolute atomic E-state index is 0.121. The van der Waals surface area contributed by atoms with Gasteiger partial charge in [-0.05, 0) is 34.1 Å². The highest BCUT2D eigenvalue weighted by molar-refractivity contribution is 9.10. The molecule has 0 fully saturated rings. The van der Waals surface area contributed by atoms with Crippen LogP contribution in [0, 0.1) is 5.82 Å². The number of rotatable bonds is 2. The van der Waals surface area contributed by atoms with Crippen LogP contribution in [0.5, 0.6) is 0 Å². The molecule has 0 radical (unpaired) electrons. The summed E-state index contributed by atoms with van der Waals surface area (Å²) in [7, 11) is 0. The summed E-state index contributed by atoms with van der Waals surface area (Å²) in [5, 5.41) is 2.50. The molecule has 1 aromatic rings. The molecule has 0 unspecified atom stereocenters. The Hall–Kier alpha value is -0.610. The highest BCUT2D eigenvalue weighted by atomic mass is 79.9. The fraction of sp³-hybridized carbons (Fsp3) is 0.125. The molecular formula is C8H6BrClFNO. The van der Waals surface area contributed by atoms with E-state index in [1.165, 1.54) is 18.2 Å². The molecule has 0 atom stereocenters. The van der Waals surface area contributed by atoms with Crippen molar-refractivity contribution in [1.82, 2.24) is 0 Å². The van der Waals surface area contributed by atoms with Crippen molar-refractivity contribution >= 4 is 39.1 Å². The van der Waals surface area contributed by atoms with Gasteiger partial charge in [0, 0.05) is 4.47 Å². The fourth-order valence-electron chi connectivity index (χ4n) is 0.774. The lowest BCUT2D eigenvalue weighted by Gasteiger charge is -2.04. The molecule has 1 rings (SSSR count). The normalized spacial score (nSPS) is 9.77. The fourth-order valence-corrected chi connectivity index (χ4v) is 1.29. The van der Waals surface area contributed by atoms with Crippen molar-refractivity contribution < 1.29 is 9.18 Å². The van der Waals surface area contributed by atoms with Gasteiger partial charge in [0.05, 0.1) is 5.69 Å². The highest BCUT2D eigenvalue weighted by Crippen LogP contribution is 2.22. The Morgan fingerprint density at radius 1 is 1.62 bits per heavy atom. The van der Waals surface area contributed by atoms with E-state index in [2.05, 4.69) is 21.2 Å². The third kappa shape index (κ3) is 2.97. The Morgan fingerprint density at radius 3 is 2.85 bits per heavy atom. The van der Waals surface area contributed by atoms with E-state index in [-0.39, 0.29) is 17.6 Å². The van der Waals surface area contributed by atoms with E-state index in [1.807, 2.05) is 0 Å². The largest absolute Gasteiger partial charge is 0.324 e. The molecule has 13 heavy (non-hydrogen) atoms. The molecule has 0 aliphatic carbocycles. The zero-order chi connectivity index (χ0) is 9.84. The molecule has 0 bridgehead atoms. The van der Waals surface area contributed by atoms with Crippen molar-refractivity contribution in [2.24, 2.45) is 0 Å². The Morgan fingerprint density at radius 2 is 2.31 bits per heavy atom. The Labute approximate surface area is 88.2 Å². The van der Waals surface area contributed by atoms with Crippen LogP contribution in [0.1, 0.15) is 0 Å². The summed E-state index contributed by atoms with van der Waals surface area (Å²) >= 11 is 8.39. The minimum atomic E-state index is -0.365. The van der Waals surface area contributed by atoms with Gasteiger partial charge in [-0.1, -0.05) is 0 Å². The number of carbonyl (C=O) groups excluding carboxylic acids is 1. The van der Waals surface area contributed by atoms with Crippen LogP contribution in [0.15, 0.2) is 22.7 Å². The number of hydrogen-bond acceptors (Lipinski definition) is 1. The van der Waals surface area contributed by atoms with E-state index in [1.54, 1.807) is 0 Å². The molecule has 70 valence electrons. The number of benzene rings is 1. The minimum Gasteiger partial charge on any atom is -0.324 e. The zero-order valence-corrected chi connectivity index (χ0v) is 8.82. The van der Waals surface area contributed by atoms with Crippen LogP contribution >= 0.6 is 27.5 Å². The van der Waals surface area contributed by atoms with Gasteiger partial charge in [-0.3, -0.25) is 4.79 Å². The molecule has 1 aromatic carbocycles. The van der Waals surface area contributed by atoms with E-state index < -0.39 is 0 Å². The molecule has 0 aliphatic heterocycles. The Balaban J connectivity index is 2.83. The van der Waals surface area contributed by atoms with Gasteiger partial charge >= 0.3 is 0 Å². The van der Waals surface area contributed by atoms with Crippen molar-refractivity contribution in [3.8, 4) is 0 Å². The van der Waals surface area contributed by atoms with Crippen LogP contribution in [0.2, 0.25) is 0 Å². The van der Waals surface area contributed by atoms with E-state index in [0.29, 0.717) is 10.2 Å². The average molecular weight is 266 g/mol. The second-order valence-electron chi connectivity index (χ2n) is 2.31. The van der Waals surface area contributed by atoms with Gasteiger partial charge < -0.3 is 5.32 Å². The molecule has 1 amide bonds. The van der Waals surface area contributed by atoms with Crippen LogP contribution in [-0.2, 0) is 4.79 Å². The van der Waals surface area contributed by atoms with E-state index in [4.69, 9.17) is 11.6 Å². The first kappa shape index (κ1) is 10.5. The summed E-state index contributed by atoms with van der Waals surface area (Å²) in [6.45, 7) is 0. The lowest BCUT2D eigenvalue weighted by molar-refractivity contribution is -0.113. The third-order valence-corrected chi connectivity index (χ3v) is 2.23. The number of carbonyl (C=O) groups is 1. The maximum Gasteiger partial charge on any atom is 0.239 e. The monoisotopic (exact) mass is 265 g/mol. The third-order valence-electron chi connectivity index (χ3n) is 1.33. The van der Waals surface area contributed by atoms with Gasteiger partial charge in [-0.2, -0.15) is 0 Å². The van der Waals surface area contributed by atoms with Crippen LogP contribution in [0.4, 0.5) is 10.1 Å². The maximum absolute atomic E-state index is 12.6. The predicted molar refractivity (Wildman–Crippen MR) is 53.4 cm³/mol. The first-order chi connectivity index (χ1) is 6.13. The highest BCUT2D eigenvalue weighted by Gasteiger charge is 2.04. The Bertz CT molecular complexity index is 332. The van der Waals surface area contributed by atoms with E-state index in [0.717, 1.165) is 0 Å². The molecule has 0 aliphatic rings. The number of amides is 1. The topological polar surface area (TPSA) is 29.1 Å². The number of anilines is 1. The number of halogens is 3. The number of nitrogens with one attached hydrogen (secondary N) is 1. The standard InChI is InChI=1S/C8H6BrClFNO/c9-6-3-5(11)1-2-7(6)12-8(13)4-10/h1-3H,4H2,(H,12,13). The molecule has 2 nitrogen and oxygen atoms in total. The molecule has 0 heterocycles. The quantitative estimate of drug-likeness (QED) is 0.820. The van der Waals surface area contributed by atoms with E-state index in [9.17, 15) is 9.18 Å². The first-order valence-electron chi connectivity index (χ1n) is 3.44. The SMILES string of the molecule is O=C(CCl)Nc1ccc(F)cc1Br. The average Bonchev–Trinajstić information content (AvgIpc) is 2.09. The number of hydrogen-bond donors (Lipinski definition) is 1. The molecule has 1 N–H and O–H groups in total. The van der Waals surface area contributed by atoms with Crippen LogP contribution in [0.3, 0.4) is 0 Å². The smallest absolute Gasteiger partial charge is 0.239 e. The lowest BCUT2D eigenvalue weighted by Crippen LogP contribution is -2.12. The first-order valence-corrected chi connectivity index (χ1v) is 4.77. The van der Waals surface area contributed by atoms with Crippen molar-refractivity contribution in [3.63, 3.8) is 0 Å². The second kappa shape index (κ2) is 4.58. The molecule has 0 aromatic heterocycles. The van der Waals surface area contributed by atoms with Gasteiger partial charge in [-0.15, -0.1) is 11.6 Å². The lowest BCUT2D eigenvalue weighted by atomic mass is 10.3. The zero-order valence-electron chi connectivity index (χ0n) is 6.48. The predicted octanol–water partition coefficient (Wildman–Crippen LogP) is 2.77. The molecule has 5 heteroatoms. The van der Waals surface area contributed by atoms with Gasteiger partial charge in [0.25, 0.3) is 0 Å². The second-order valence-corrected chi connectivity index (χ2v) is 3.43.